The summed E-state index contributed by atoms with van der Waals surface area (Å²) in [5.74, 6) is 0.598. The van der Waals surface area contributed by atoms with Gasteiger partial charge in [0, 0.05) is 10.9 Å². The van der Waals surface area contributed by atoms with Crippen LogP contribution in [0, 0.1) is 11.3 Å². The molecule has 0 bridgehead atoms. The van der Waals surface area contributed by atoms with Crippen LogP contribution in [0.15, 0.2) is 71.1 Å². The second kappa shape index (κ2) is 8.91. The highest BCUT2D eigenvalue weighted by Gasteiger charge is 2.15. The summed E-state index contributed by atoms with van der Waals surface area (Å²) in [6, 6.07) is 19.0. The van der Waals surface area contributed by atoms with E-state index in [0.29, 0.717) is 22.4 Å². The second-order valence-corrected chi connectivity index (χ2v) is 7.70. The van der Waals surface area contributed by atoms with Crippen molar-refractivity contribution in [2.24, 2.45) is 0 Å². The molecule has 2 heterocycles. The Morgan fingerprint density at radius 3 is 2.67 bits per heavy atom. The lowest BCUT2D eigenvalue weighted by molar-refractivity contribution is 0.0915. The quantitative estimate of drug-likeness (QED) is 0.496. The third kappa shape index (κ3) is 4.25. The Balaban J connectivity index is 1.49. The Labute approximate surface area is 177 Å². The van der Waals surface area contributed by atoms with Gasteiger partial charge in [-0.1, -0.05) is 42.5 Å². The number of aliphatic hydroxyl groups excluding tert-OH is 1. The van der Waals surface area contributed by atoms with E-state index in [-0.39, 0.29) is 18.7 Å². The maximum atomic E-state index is 13.0. The van der Waals surface area contributed by atoms with Crippen LogP contribution in [0.2, 0.25) is 0 Å². The van der Waals surface area contributed by atoms with Gasteiger partial charge in [0.1, 0.15) is 23.3 Å². The SMILES string of the molecule is N#CCc1ccc(OC[C@@H](O)Cn2cnc3scc(-c4ccccc4)c3c2=O)cc1. The Hall–Kier alpha value is -3.47. The topological polar surface area (TPSA) is 88.1 Å². The van der Waals surface area contributed by atoms with E-state index in [4.69, 9.17) is 10.00 Å². The van der Waals surface area contributed by atoms with Crippen molar-refractivity contribution in [3.8, 4) is 22.9 Å². The smallest absolute Gasteiger partial charge is 0.262 e. The largest absolute Gasteiger partial charge is 0.491 e. The first-order valence-electron chi connectivity index (χ1n) is 9.44. The Morgan fingerprint density at radius 2 is 1.93 bits per heavy atom. The van der Waals surface area contributed by atoms with Crippen molar-refractivity contribution in [3.05, 3.63) is 82.2 Å². The summed E-state index contributed by atoms with van der Waals surface area (Å²) in [4.78, 5) is 18.1. The van der Waals surface area contributed by atoms with Crippen molar-refractivity contribution >= 4 is 21.6 Å². The number of nitriles is 1. The van der Waals surface area contributed by atoms with Crippen LogP contribution >= 0.6 is 11.3 Å². The Morgan fingerprint density at radius 1 is 1.17 bits per heavy atom. The van der Waals surface area contributed by atoms with Gasteiger partial charge in [-0.05, 0) is 23.3 Å². The molecule has 0 unspecified atom stereocenters. The minimum Gasteiger partial charge on any atom is -0.491 e. The Kier molecular flexibility index (Phi) is 5.89. The number of fused-ring (bicyclic) bond motifs is 1. The molecule has 7 heteroatoms. The van der Waals surface area contributed by atoms with Crippen molar-refractivity contribution in [2.75, 3.05) is 6.61 Å². The number of hydrogen-bond donors (Lipinski definition) is 1. The van der Waals surface area contributed by atoms with Gasteiger partial charge in [0.15, 0.2) is 0 Å². The minimum absolute atomic E-state index is 0.0389. The molecule has 0 saturated heterocycles. The fraction of sp³-hybridized carbons (Fsp3) is 0.174. The summed E-state index contributed by atoms with van der Waals surface area (Å²) in [5, 5.41) is 21.6. The van der Waals surface area contributed by atoms with Crippen LogP contribution in [0.5, 0.6) is 5.75 Å². The molecular weight excluding hydrogens is 398 g/mol. The van der Waals surface area contributed by atoms with E-state index in [9.17, 15) is 9.90 Å². The maximum Gasteiger partial charge on any atom is 0.262 e. The molecule has 4 aromatic rings. The molecule has 2 aromatic heterocycles. The van der Waals surface area contributed by atoms with E-state index < -0.39 is 6.10 Å². The summed E-state index contributed by atoms with van der Waals surface area (Å²) < 4.78 is 7.03. The molecule has 1 atom stereocenters. The predicted molar refractivity (Wildman–Crippen MR) is 117 cm³/mol. The number of rotatable bonds is 7. The normalized spacial score (nSPS) is 11.9. The molecule has 6 nitrogen and oxygen atoms in total. The number of nitrogens with zero attached hydrogens (tertiary/aromatic N) is 3. The number of benzene rings is 2. The molecule has 0 fully saturated rings. The number of aliphatic hydroxyl groups is 1. The van der Waals surface area contributed by atoms with Gasteiger partial charge in [-0.15, -0.1) is 11.3 Å². The van der Waals surface area contributed by atoms with Crippen LogP contribution in [0.25, 0.3) is 21.3 Å². The van der Waals surface area contributed by atoms with E-state index >= 15 is 0 Å². The first-order chi connectivity index (χ1) is 14.7. The summed E-state index contributed by atoms with van der Waals surface area (Å²) in [6.07, 6.45) is 0.935. The fourth-order valence-corrected chi connectivity index (χ4v) is 4.10. The summed E-state index contributed by atoms with van der Waals surface area (Å²) >= 11 is 1.43. The summed E-state index contributed by atoms with van der Waals surface area (Å²) in [5.41, 5.74) is 2.54. The minimum atomic E-state index is -0.875. The molecule has 0 saturated carbocycles. The number of ether oxygens (including phenoxy) is 1. The van der Waals surface area contributed by atoms with Gasteiger partial charge in [-0.2, -0.15) is 5.26 Å². The molecule has 0 aliphatic heterocycles. The fourth-order valence-electron chi connectivity index (χ4n) is 3.19. The third-order valence-corrected chi connectivity index (χ3v) is 5.59. The molecule has 30 heavy (non-hydrogen) atoms. The van der Waals surface area contributed by atoms with E-state index in [1.807, 2.05) is 47.8 Å². The van der Waals surface area contributed by atoms with Crippen molar-refractivity contribution < 1.29 is 9.84 Å². The molecule has 0 amide bonds. The van der Waals surface area contributed by atoms with Crippen molar-refractivity contribution in [1.82, 2.24) is 9.55 Å². The van der Waals surface area contributed by atoms with Gasteiger partial charge in [0.2, 0.25) is 0 Å². The van der Waals surface area contributed by atoms with Crippen molar-refractivity contribution in [2.45, 2.75) is 19.1 Å². The first-order valence-corrected chi connectivity index (χ1v) is 10.3. The molecule has 0 spiro atoms. The average molecular weight is 417 g/mol. The zero-order valence-electron chi connectivity index (χ0n) is 16.1. The van der Waals surface area contributed by atoms with Crippen LogP contribution in [0.4, 0.5) is 0 Å². The van der Waals surface area contributed by atoms with Crippen LogP contribution in [0.1, 0.15) is 5.56 Å². The lowest BCUT2D eigenvalue weighted by Crippen LogP contribution is -2.30. The van der Waals surface area contributed by atoms with Gasteiger partial charge in [0.25, 0.3) is 5.56 Å². The van der Waals surface area contributed by atoms with E-state index in [1.54, 1.807) is 12.1 Å². The summed E-state index contributed by atoms with van der Waals surface area (Å²) in [6.45, 7) is 0.121. The highest BCUT2D eigenvalue weighted by molar-refractivity contribution is 7.17. The van der Waals surface area contributed by atoms with Crippen molar-refractivity contribution in [1.29, 1.82) is 5.26 Å². The van der Waals surface area contributed by atoms with Crippen LogP contribution in [0.3, 0.4) is 0 Å². The molecule has 1 N–H and O–H groups in total. The van der Waals surface area contributed by atoms with Crippen LogP contribution < -0.4 is 10.3 Å². The molecule has 150 valence electrons. The highest BCUT2D eigenvalue weighted by atomic mass is 32.1. The predicted octanol–water partition coefficient (Wildman–Crippen LogP) is 3.63. The molecular formula is C23H19N3O3S. The number of aromatic nitrogens is 2. The molecule has 0 radical (unpaired) electrons. The maximum absolute atomic E-state index is 13.0. The van der Waals surface area contributed by atoms with E-state index in [2.05, 4.69) is 11.1 Å². The monoisotopic (exact) mass is 417 g/mol. The lowest BCUT2D eigenvalue weighted by Gasteiger charge is -2.14. The standard InChI is InChI=1S/C23H19N3O3S/c24-11-10-16-6-8-19(9-7-16)29-13-18(27)12-26-15-25-22-21(23(26)28)20(14-30-22)17-4-2-1-3-5-17/h1-9,14-15,18,27H,10,12-13H2/t18-/m0/s1. The van der Waals surface area contributed by atoms with E-state index in [0.717, 1.165) is 16.7 Å². The molecule has 4 rings (SSSR count). The zero-order valence-corrected chi connectivity index (χ0v) is 16.9. The van der Waals surface area contributed by atoms with Crippen LogP contribution in [-0.2, 0) is 13.0 Å². The molecule has 2 aromatic carbocycles. The molecule has 0 aliphatic rings. The van der Waals surface area contributed by atoms with Gasteiger partial charge in [-0.3, -0.25) is 9.36 Å². The van der Waals surface area contributed by atoms with Crippen molar-refractivity contribution in [3.63, 3.8) is 0 Å². The van der Waals surface area contributed by atoms with Gasteiger partial charge < -0.3 is 9.84 Å². The highest BCUT2D eigenvalue weighted by Crippen LogP contribution is 2.30. The van der Waals surface area contributed by atoms with Gasteiger partial charge >= 0.3 is 0 Å². The number of hydrogen-bond acceptors (Lipinski definition) is 6. The van der Waals surface area contributed by atoms with E-state index in [1.165, 1.54) is 22.2 Å². The van der Waals surface area contributed by atoms with Crippen LogP contribution in [-0.4, -0.2) is 27.4 Å². The Bertz CT molecular complexity index is 1240. The van der Waals surface area contributed by atoms with Gasteiger partial charge in [0.05, 0.1) is 30.7 Å². The summed E-state index contributed by atoms with van der Waals surface area (Å²) in [7, 11) is 0. The lowest BCUT2D eigenvalue weighted by atomic mass is 10.1. The number of thiophene rings is 1. The second-order valence-electron chi connectivity index (χ2n) is 6.84. The average Bonchev–Trinajstić information content (AvgIpc) is 3.21. The zero-order chi connectivity index (χ0) is 20.9. The third-order valence-electron chi connectivity index (χ3n) is 4.70. The molecule has 0 aliphatic carbocycles. The van der Waals surface area contributed by atoms with Gasteiger partial charge in [-0.25, -0.2) is 4.98 Å². The first kappa shape index (κ1) is 19.8.